The number of aryl methyl sites for hydroxylation is 1. The van der Waals surface area contributed by atoms with Gasteiger partial charge in [-0.05, 0) is 30.9 Å². The summed E-state index contributed by atoms with van der Waals surface area (Å²) in [6.07, 6.45) is 4.44. The third kappa shape index (κ3) is 2.28. The van der Waals surface area contributed by atoms with Gasteiger partial charge in [0.2, 0.25) is 0 Å². The van der Waals surface area contributed by atoms with E-state index in [2.05, 4.69) is 4.98 Å². The first-order valence-corrected chi connectivity index (χ1v) is 5.00. The molecule has 2 rings (SSSR count). The number of aliphatic hydroxyl groups is 1. The second-order valence-electron chi connectivity index (χ2n) is 2.96. The van der Waals surface area contributed by atoms with Gasteiger partial charge in [0.15, 0.2) is 0 Å². The molecule has 72 valence electrons. The topological polar surface area (TPSA) is 33.1 Å². The van der Waals surface area contributed by atoms with Crippen LogP contribution in [0.2, 0.25) is 0 Å². The summed E-state index contributed by atoms with van der Waals surface area (Å²) in [6.45, 7) is 4.00. The highest BCUT2D eigenvalue weighted by atomic mass is 16.3. The molecule has 1 aliphatic carbocycles. The van der Waals surface area contributed by atoms with Crippen molar-refractivity contribution in [3.05, 3.63) is 29.6 Å². The molecular formula is C11H17NO. The maximum absolute atomic E-state index is 9.50. The fraction of sp³-hybridized carbons (Fsp3) is 0.545. The lowest BCUT2D eigenvalue weighted by atomic mass is 9.94. The van der Waals surface area contributed by atoms with Crippen LogP contribution in [0.4, 0.5) is 0 Å². The van der Waals surface area contributed by atoms with Crippen molar-refractivity contribution in [3.63, 3.8) is 0 Å². The van der Waals surface area contributed by atoms with Gasteiger partial charge in [-0.1, -0.05) is 19.9 Å². The van der Waals surface area contributed by atoms with E-state index in [4.69, 9.17) is 0 Å². The Morgan fingerprint density at radius 2 is 2.23 bits per heavy atom. The van der Waals surface area contributed by atoms with Crippen LogP contribution in [0.5, 0.6) is 0 Å². The van der Waals surface area contributed by atoms with Crippen molar-refractivity contribution in [2.45, 2.75) is 39.2 Å². The van der Waals surface area contributed by atoms with Crippen molar-refractivity contribution in [2.75, 3.05) is 0 Å². The van der Waals surface area contributed by atoms with Gasteiger partial charge in [0.1, 0.15) is 0 Å². The highest BCUT2D eigenvalue weighted by Gasteiger charge is 2.17. The second-order valence-corrected chi connectivity index (χ2v) is 2.96. The highest BCUT2D eigenvalue weighted by Crippen LogP contribution is 2.26. The number of rotatable bonds is 0. The third-order valence-electron chi connectivity index (χ3n) is 2.17. The Kier molecular flexibility index (Phi) is 3.90. The van der Waals surface area contributed by atoms with Gasteiger partial charge >= 0.3 is 0 Å². The Balaban J connectivity index is 0.000000396. The normalized spacial score (nSPS) is 19.8. The predicted molar refractivity (Wildman–Crippen MR) is 53.5 cm³/mol. The molecule has 0 bridgehead atoms. The molecule has 0 spiro atoms. The van der Waals surface area contributed by atoms with E-state index < -0.39 is 0 Å². The van der Waals surface area contributed by atoms with Crippen LogP contribution in [0.15, 0.2) is 18.3 Å². The van der Waals surface area contributed by atoms with Crippen molar-refractivity contribution in [3.8, 4) is 0 Å². The number of aromatic nitrogens is 1. The zero-order valence-corrected chi connectivity index (χ0v) is 8.33. The zero-order chi connectivity index (χ0) is 9.68. The van der Waals surface area contributed by atoms with Crippen LogP contribution in [0, 0.1) is 0 Å². The number of fused-ring (bicyclic) bond motifs is 1. The quantitative estimate of drug-likeness (QED) is 0.663. The maximum Gasteiger partial charge on any atom is 0.0962 e. The fourth-order valence-corrected chi connectivity index (χ4v) is 1.58. The van der Waals surface area contributed by atoms with Gasteiger partial charge in [0.25, 0.3) is 0 Å². The van der Waals surface area contributed by atoms with E-state index in [0.29, 0.717) is 0 Å². The summed E-state index contributed by atoms with van der Waals surface area (Å²) in [6, 6.07) is 3.97. The van der Waals surface area contributed by atoms with Crippen molar-refractivity contribution in [2.24, 2.45) is 0 Å². The lowest BCUT2D eigenvalue weighted by Crippen LogP contribution is -2.10. The van der Waals surface area contributed by atoms with E-state index in [1.165, 1.54) is 5.56 Å². The van der Waals surface area contributed by atoms with Gasteiger partial charge in [0, 0.05) is 6.20 Å². The first-order chi connectivity index (χ1) is 6.38. The minimum absolute atomic E-state index is 0.319. The molecule has 1 atom stereocenters. The number of hydrogen-bond acceptors (Lipinski definition) is 2. The Morgan fingerprint density at radius 1 is 1.46 bits per heavy atom. The molecule has 0 amide bonds. The molecule has 0 aliphatic heterocycles. The molecule has 0 saturated carbocycles. The molecule has 0 aromatic carbocycles. The largest absolute Gasteiger partial charge is 0.387 e. The standard InChI is InChI=1S/C9H11NO.C2H6/c11-8-5-1-3-7-4-2-6-10-9(7)8;1-2/h2,4,6,8,11H,1,3,5H2;1-2H3. The monoisotopic (exact) mass is 179 g/mol. The molecule has 1 aromatic heterocycles. The molecule has 1 aliphatic rings. The summed E-state index contributed by atoms with van der Waals surface area (Å²) in [5.74, 6) is 0. The van der Waals surface area contributed by atoms with Crippen LogP contribution < -0.4 is 0 Å². The number of nitrogens with zero attached hydrogens (tertiary/aromatic N) is 1. The van der Waals surface area contributed by atoms with Gasteiger partial charge in [-0.3, -0.25) is 4.98 Å². The fourth-order valence-electron chi connectivity index (χ4n) is 1.58. The first-order valence-electron chi connectivity index (χ1n) is 5.00. The van der Waals surface area contributed by atoms with Gasteiger partial charge in [0.05, 0.1) is 11.8 Å². The molecule has 2 heteroatoms. The molecular weight excluding hydrogens is 162 g/mol. The molecule has 13 heavy (non-hydrogen) atoms. The Labute approximate surface area is 79.6 Å². The van der Waals surface area contributed by atoms with Crippen LogP contribution in [0.1, 0.15) is 44.1 Å². The van der Waals surface area contributed by atoms with Crippen LogP contribution in [-0.2, 0) is 6.42 Å². The van der Waals surface area contributed by atoms with E-state index in [-0.39, 0.29) is 6.10 Å². The Hall–Kier alpha value is -0.890. The average molecular weight is 179 g/mol. The second kappa shape index (κ2) is 4.97. The van der Waals surface area contributed by atoms with E-state index in [9.17, 15) is 5.11 Å². The van der Waals surface area contributed by atoms with Crippen LogP contribution >= 0.6 is 0 Å². The lowest BCUT2D eigenvalue weighted by molar-refractivity contribution is 0.151. The van der Waals surface area contributed by atoms with Gasteiger partial charge in [-0.25, -0.2) is 0 Å². The van der Waals surface area contributed by atoms with E-state index in [1.807, 2.05) is 26.0 Å². The highest BCUT2D eigenvalue weighted by molar-refractivity contribution is 5.23. The molecule has 0 fully saturated rings. The Bertz CT molecular complexity index is 260. The molecule has 1 aromatic rings. The SMILES string of the molecule is CC.OC1CCCc2cccnc21. The van der Waals surface area contributed by atoms with E-state index in [1.54, 1.807) is 6.20 Å². The molecule has 0 saturated heterocycles. The van der Waals surface area contributed by atoms with Gasteiger partial charge in [-0.15, -0.1) is 0 Å². The third-order valence-corrected chi connectivity index (χ3v) is 2.17. The zero-order valence-electron chi connectivity index (χ0n) is 8.33. The van der Waals surface area contributed by atoms with Gasteiger partial charge < -0.3 is 5.11 Å². The molecule has 0 radical (unpaired) electrons. The van der Waals surface area contributed by atoms with E-state index in [0.717, 1.165) is 25.0 Å². The number of pyridine rings is 1. The molecule has 1 heterocycles. The van der Waals surface area contributed by atoms with Crippen molar-refractivity contribution in [1.82, 2.24) is 4.98 Å². The summed E-state index contributed by atoms with van der Waals surface area (Å²) < 4.78 is 0. The summed E-state index contributed by atoms with van der Waals surface area (Å²) in [7, 11) is 0. The molecule has 2 nitrogen and oxygen atoms in total. The number of aliphatic hydroxyl groups excluding tert-OH is 1. The van der Waals surface area contributed by atoms with Crippen molar-refractivity contribution >= 4 is 0 Å². The summed E-state index contributed by atoms with van der Waals surface area (Å²) in [4.78, 5) is 4.15. The lowest BCUT2D eigenvalue weighted by Gasteiger charge is -2.18. The average Bonchev–Trinajstić information content (AvgIpc) is 2.22. The maximum atomic E-state index is 9.50. The first kappa shape index (κ1) is 10.2. The molecule has 1 unspecified atom stereocenters. The van der Waals surface area contributed by atoms with Crippen LogP contribution in [0.3, 0.4) is 0 Å². The summed E-state index contributed by atoms with van der Waals surface area (Å²) in [5.41, 5.74) is 2.10. The number of hydrogen-bond donors (Lipinski definition) is 1. The van der Waals surface area contributed by atoms with Gasteiger partial charge in [-0.2, -0.15) is 0 Å². The van der Waals surface area contributed by atoms with E-state index >= 15 is 0 Å². The predicted octanol–water partition coefficient (Wildman–Crippen LogP) is 2.48. The van der Waals surface area contributed by atoms with Crippen molar-refractivity contribution < 1.29 is 5.11 Å². The summed E-state index contributed by atoms with van der Waals surface area (Å²) in [5, 5.41) is 9.50. The smallest absolute Gasteiger partial charge is 0.0962 e. The van der Waals surface area contributed by atoms with Crippen LogP contribution in [-0.4, -0.2) is 10.1 Å². The van der Waals surface area contributed by atoms with Crippen LogP contribution in [0.25, 0.3) is 0 Å². The minimum Gasteiger partial charge on any atom is -0.387 e. The molecule has 1 N–H and O–H groups in total. The van der Waals surface area contributed by atoms with Crippen molar-refractivity contribution in [1.29, 1.82) is 0 Å². The Morgan fingerprint density at radius 3 is 2.92 bits per heavy atom. The minimum atomic E-state index is -0.319. The summed E-state index contributed by atoms with van der Waals surface area (Å²) >= 11 is 0.